The van der Waals surface area contributed by atoms with E-state index in [1.54, 1.807) is 6.07 Å². The van der Waals surface area contributed by atoms with Crippen LogP contribution < -0.4 is 10.6 Å². The Morgan fingerprint density at radius 2 is 2.11 bits per heavy atom. The minimum atomic E-state index is -0.190. The maximum absolute atomic E-state index is 14.1. The van der Waals surface area contributed by atoms with Gasteiger partial charge in [-0.05, 0) is 37.3 Å². The van der Waals surface area contributed by atoms with Crippen LogP contribution in [0.15, 0.2) is 18.2 Å². The van der Waals surface area contributed by atoms with E-state index in [1.807, 2.05) is 24.9 Å². The summed E-state index contributed by atoms with van der Waals surface area (Å²) in [7, 11) is 1.94. The van der Waals surface area contributed by atoms with Crippen LogP contribution in [0.3, 0.4) is 0 Å². The van der Waals surface area contributed by atoms with Crippen LogP contribution in [-0.2, 0) is 4.74 Å². The maximum Gasteiger partial charge on any atom is 0.146 e. The van der Waals surface area contributed by atoms with E-state index in [9.17, 15) is 4.39 Å². The molecule has 1 aromatic rings. The normalized spacial score (nSPS) is 18.3. The number of anilines is 1. The van der Waals surface area contributed by atoms with Gasteiger partial charge in [-0.15, -0.1) is 0 Å². The fourth-order valence-corrected chi connectivity index (χ4v) is 2.71. The number of hydrogen-bond donors (Lipinski definition) is 1. The number of para-hydroxylation sites is 1. The van der Waals surface area contributed by atoms with Crippen molar-refractivity contribution in [2.24, 2.45) is 11.7 Å². The molecule has 0 saturated carbocycles. The summed E-state index contributed by atoms with van der Waals surface area (Å²) in [6.45, 7) is 4.37. The molecule has 0 radical (unpaired) electrons. The van der Waals surface area contributed by atoms with Gasteiger partial charge >= 0.3 is 0 Å². The predicted molar refractivity (Wildman–Crippen MR) is 75.8 cm³/mol. The smallest absolute Gasteiger partial charge is 0.146 e. The molecule has 1 aromatic carbocycles. The third-order valence-corrected chi connectivity index (χ3v) is 3.76. The van der Waals surface area contributed by atoms with Gasteiger partial charge < -0.3 is 15.4 Å². The lowest BCUT2D eigenvalue weighted by Crippen LogP contribution is -2.31. The van der Waals surface area contributed by atoms with Gasteiger partial charge in [0.25, 0.3) is 0 Å². The van der Waals surface area contributed by atoms with E-state index in [0.717, 1.165) is 38.2 Å². The van der Waals surface area contributed by atoms with E-state index in [0.29, 0.717) is 11.6 Å². The van der Waals surface area contributed by atoms with Crippen molar-refractivity contribution in [3.8, 4) is 0 Å². The second-order valence-electron chi connectivity index (χ2n) is 5.40. The molecule has 0 amide bonds. The van der Waals surface area contributed by atoms with Gasteiger partial charge in [0.1, 0.15) is 5.82 Å². The van der Waals surface area contributed by atoms with Crippen LogP contribution in [0.1, 0.15) is 31.4 Å². The van der Waals surface area contributed by atoms with Crippen LogP contribution in [0.25, 0.3) is 0 Å². The fourth-order valence-electron chi connectivity index (χ4n) is 2.71. The zero-order valence-electron chi connectivity index (χ0n) is 11.7. The van der Waals surface area contributed by atoms with Gasteiger partial charge in [-0.25, -0.2) is 4.39 Å². The summed E-state index contributed by atoms with van der Waals surface area (Å²) in [5.74, 6) is 0.378. The van der Waals surface area contributed by atoms with Gasteiger partial charge in [0.15, 0.2) is 0 Å². The summed E-state index contributed by atoms with van der Waals surface area (Å²) in [4.78, 5) is 2.00. The maximum atomic E-state index is 14.1. The standard InChI is InChI=1S/C15H23FN2O/c1-11(17)13-4-3-5-14(16)15(13)18(2)10-12-6-8-19-9-7-12/h3-5,11-12H,6-10,17H2,1-2H3/t11-/m0/s1. The van der Waals surface area contributed by atoms with Gasteiger partial charge in [0, 0.05) is 32.8 Å². The topological polar surface area (TPSA) is 38.5 Å². The molecule has 0 bridgehead atoms. The van der Waals surface area contributed by atoms with Crippen LogP contribution in [-0.4, -0.2) is 26.8 Å². The number of ether oxygens (including phenoxy) is 1. The molecule has 1 aliphatic rings. The third-order valence-electron chi connectivity index (χ3n) is 3.76. The molecule has 19 heavy (non-hydrogen) atoms. The number of hydrogen-bond acceptors (Lipinski definition) is 3. The molecule has 1 saturated heterocycles. The van der Waals surface area contributed by atoms with Crippen molar-refractivity contribution in [1.82, 2.24) is 0 Å². The first-order chi connectivity index (χ1) is 9.09. The predicted octanol–water partition coefficient (Wildman–Crippen LogP) is 2.71. The second-order valence-corrected chi connectivity index (χ2v) is 5.40. The summed E-state index contributed by atoms with van der Waals surface area (Å²) in [5.41, 5.74) is 7.45. The van der Waals surface area contributed by atoms with E-state index in [4.69, 9.17) is 10.5 Å². The quantitative estimate of drug-likeness (QED) is 0.910. The van der Waals surface area contributed by atoms with E-state index < -0.39 is 0 Å². The summed E-state index contributed by atoms with van der Waals surface area (Å²) >= 11 is 0. The lowest BCUT2D eigenvalue weighted by molar-refractivity contribution is 0.0685. The molecule has 3 nitrogen and oxygen atoms in total. The van der Waals surface area contributed by atoms with Crippen molar-refractivity contribution >= 4 is 5.69 Å². The Labute approximate surface area is 114 Å². The summed E-state index contributed by atoms with van der Waals surface area (Å²) in [5, 5.41) is 0. The Kier molecular flexibility index (Phi) is 4.77. The van der Waals surface area contributed by atoms with Crippen molar-refractivity contribution < 1.29 is 9.13 Å². The van der Waals surface area contributed by atoms with Gasteiger partial charge in [-0.1, -0.05) is 12.1 Å². The molecule has 106 valence electrons. The van der Waals surface area contributed by atoms with Crippen LogP contribution in [0, 0.1) is 11.7 Å². The summed E-state index contributed by atoms with van der Waals surface area (Å²) < 4.78 is 19.5. The minimum Gasteiger partial charge on any atom is -0.381 e. The van der Waals surface area contributed by atoms with Crippen molar-refractivity contribution in [3.05, 3.63) is 29.6 Å². The monoisotopic (exact) mass is 266 g/mol. The minimum absolute atomic E-state index is 0.164. The molecular weight excluding hydrogens is 243 g/mol. The first-order valence-electron chi connectivity index (χ1n) is 6.92. The van der Waals surface area contributed by atoms with E-state index in [1.165, 1.54) is 6.07 Å². The zero-order valence-corrected chi connectivity index (χ0v) is 11.7. The molecular formula is C15H23FN2O. The Hall–Kier alpha value is -1.13. The van der Waals surface area contributed by atoms with Gasteiger partial charge in [0.05, 0.1) is 5.69 Å². The van der Waals surface area contributed by atoms with Crippen molar-refractivity contribution in [1.29, 1.82) is 0 Å². The second kappa shape index (κ2) is 6.35. The molecule has 0 unspecified atom stereocenters. The van der Waals surface area contributed by atoms with E-state index in [2.05, 4.69) is 0 Å². The molecule has 1 heterocycles. The lowest BCUT2D eigenvalue weighted by atomic mass is 9.98. The molecule has 0 aromatic heterocycles. The Balaban J connectivity index is 2.15. The highest BCUT2D eigenvalue weighted by atomic mass is 19.1. The third kappa shape index (κ3) is 3.45. The Bertz CT molecular complexity index is 417. The number of halogens is 1. The highest BCUT2D eigenvalue weighted by Gasteiger charge is 2.20. The number of benzene rings is 1. The molecule has 4 heteroatoms. The number of rotatable bonds is 4. The highest BCUT2D eigenvalue weighted by Crippen LogP contribution is 2.29. The van der Waals surface area contributed by atoms with Crippen LogP contribution in [0.2, 0.25) is 0 Å². The van der Waals surface area contributed by atoms with Gasteiger partial charge in [0.2, 0.25) is 0 Å². The lowest BCUT2D eigenvalue weighted by Gasteiger charge is -2.30. The van der Waals surface area contributed by atoms with Crippen molar-refractivity contribution in [2.45, 2.75) is 25.8 Å². The zero-order chi connectivity index (χ0) is 13.8. The van der Waals surface area contributed by atoms with E-state index >= 15 is 0 Å². The first kappa shape index (κ1) is 14.3. The molecule has 1 aliphatic heterocycles. The van der Waals surface area contributed by atoms with Crippen molar-refractivity contribution in [3.63, 3.8) is 0 Å². The Morgan fingerprint density at radius 1 is 1.42 bits per heavy atom. The summed E-state index contributed by atoms with van der Waals surface area (Å²) in [6, 6.07) is 4.97. The van der Waals surface area contributed by atoms with Gasteiger partial charge in [-0.2, -0.15) is 0 Å². The molecule has 0 aliphatic carbocycles. The molecule has 2 N–H and O–H groups in total. The average molecular weight is 266 g/mol. The number of nitrogens with two attached hydrogens (primary N) is 1. The Morgan fingerprint density at radius 3 is 2.74 bits per heavy atom. The van der Waals surface area contributed by atoms with E-state index in [-0.39, 0.29) is 11.9 Å². The highest BCUT2D eigenvalue weighted by molar-refractivity contribution is 5.55. The first-order valence-corrected chi connectivity index (χ1v) is 6.92. The van der Waals surface area contributed by atoms with Crippen molar-refractivity contribution in [2.75, 3.05) is 31.7 Å². The van der Waals surface area contributed by atoms with Crippen LogP contribution >= 0.6 is 0 Å². The van der Waals surface area contributed by atoms with Gasteiger partial charge in [-0.3, -0.25) is 0 Å². The molecule has 1 fully saturated rings. The van der Waals surface area contributed by atoms with Crippen LogP contribution in [0.5, 0.6) is 0 Å². The SMILES string of the molecule is C[C@H](N)c1cccc(F)c1N(C)CC1CCOCC1. The fraction of sp³-hybridized carbons (Fsp3) is 0.600. The molecule has 1 atom stereocenters. The average Bonchev–Trinajstić information content (AvgIpc) is 2.39. The number of nitrogens with zero attached hydrogens (tertiary/aromatic N) is 1. The van der Waals surface area contributed by atoms with Crippen LogP contribution in [0.4, 0.5) is 10.1 Å². The molecule has 0 spiro atoms. The largest absolute Gasteiger partial charge is 0.381 e. The molecule has 2 rings (SSSR count). The summed E-state index contributed by atoms with van der Waals surface area (Å²) in [6.07, 6.45) is 2.10.